The molecule has 2 saturated heterocycles. The van der Waals surface area contributed by atoms with Crippen LogP contribution in [0.3, 0.4) is 0 Å². The number of pyridine rings is 2. The van der Waals surface area contributed by atoms with Gasteiger partial charge in [-0.05, 0) is 69.4 Å². The van der Waals surface area contributed by atoms with Gasteiger partial charge < -0.3 is 37.9 Å². The van der Waals surface area contributed by atoms with E-state index in [4.69, 9.17) is 9.15 Å². The summed E-state index contributed by atoms with van der Waals surface area (Å²) in [5, 5.41) is 8.55. The number of fused-ring (bicyclic) bond motifs is 2. The van der Waals surface area contributed by atoms with E-state index in [0.29, 0.717) is 56.2 Å². The maximum atomic E-state index is 16.2. The normalized spacial score (nSPS) is 17.1. The van der Waals surface area contributed by atoms with Gasteiger partial charge >= 0.3 is 0 Å². The Kier molecular flexibility index (Phi) is 8.65. The molecule has 0 amide bonds. The van der Waals surface area contributed by atoms with Gasteiger partial charge in [0.25, 0.3) is 11.8 Å². The third-order valence-electron chi connectivity index (χ3n) is 11.1. The van der Waals surface area contributed by atoms with Crippen LogP contribution in [0, 0.1) is 17.5 Å². The number of piperazine rings is 2. The van der Waals surface area contributed by atoms with Crippen molar-refractivity contribution in [2.75, 3.05) is 83.4 Å². The number of rotatable bonds is 7. The molecular weight excluding hydrogens is 713 g/mol. The molecule has 3 aromatic carbocycles. The van der Waals surface area contributed by atoms with Crippen molar-refractivity contribution >= 4 is 33.2 Å². The first-order chi connectivity index (χ1) is 26.6. The number of halogens is 3. The zero-order chi connectivity index (χ0) is 38.1. The van der Waals surface area contributed by atoms with Crippen molar-refractivity contribution in [1.29, 1.82) is 0 Å². The molecule has 9 rings (SSSR count). The average Bonchev–Trinajstić information content (AvgIpc) is 3.92. The number of benzene rings is 3. The molecule has 12 nitrogen and oxygen atoms in total. The first kappa shape index (κ1) is 35.1. The lowest BCUT2D eigenvalue weighted by Crippen LogP contribution is -2.45. The van der Waals surface area contributed by atoms with Crippen LogP contribution in [-0.2, 0) is 0 Å². The summed E-state index contributed by atoms with van der Waals surface area (Å²) in [6, 6.07) is 9.96. The number of aromatic nitrogens is 4. The largest absolute Gasteiger partial charge is 0.492 e. The lowest BCUT2D eigenvalue weighted by molar-refractivity contribution is 0.309. The minimum Gasteiger partial charge on any atom is -0.492 e. The number of anilines is 2. The van der Waals surface area contributed by atoms with E-state index in [1.54, 1.807) is 16.8 Å². The number of ether oxygens (including phenoxy) is 1. The SMILES string of the molecule is COc1c(N2CCN(C)CC2)c(F)cc2c(=O)c(-c3nnc(-c4cn(C5CC5)c5cc(N6CCN(C)CC6)c(F)cc5c4=O)o3)cn(-c3ccc(F)cc3)c12. The van der Waals surface area contributed by atoms with Crippen molar-refractivity contribution in [3.8, 4) is 34.3 Å². The van der Waals surface area contributed by atoms with E-state index in [1.807, 2.05) is 28.5 Å². The second-order valence-corrected chi connectivity index (χ2v) is 14.7. The van der Waals surface area contributed by atoms with Crippen molar-refractivity contribution in [2.45, 2.75) is 18.9 Å². The molecule has 0 N–H and O–H groups in total. The van der Waals surface area contributed by atoms with Gasteiger partial charge in [0.2, 0.25) is 10.9 Å². The molecule has 0 atom stereocenters. The standard InChI is InChI=1S/C40H39F3N8O4/c1-46-10-14-48(15-11-46)33-20-32-26(18-30(33)42)36(52)28(21-50(32)24-8-9-24)39-44-45-40(55-39)29-22-51(25-6-4-23(41)5-7-25)34-27(37(29)53)19-31(43)35(38(34)54-3)49-16-12-47(2)13-17-49/h4-7,18-22,24H,8-17H2,1-3H3. The van der Waals surface area contributed by atoms with E-state index in [2.05, 4.69) is 20.0 Å². The fourth-order valence-electron chi connectivity index (χ4n) is 7.79. The van der Waals surface area contributed by atoms with Crippen molar-refractivity contribution < 1.29 is 22.3 Å². The van der Waals surface area contributed by atoms with Crippen LogP contribution in [0.25, 0.3) is 50.4 Å². The molecular formula is C40H39F3N8O4. The predicted molar refractivity (Wildman–Crippen MR) is 204 cm³/mol. The van der Waals surface area contributed by atoms with Gasteiger partial charge in [-0.2, -0.15) is 0 Å². The van der Waals surface area contributed by atoms with Gasteiger partial charge in [-0.3, -0.25) is 9.59 Å². The van der Waals surface area contributed by atoms with Crippen LogP contribution in [0.1, 0.15) is 18.9 Å². The highest BCUT2D eigenvalue weighted by atomic mass is 19.1. The zero-order valence-corrected chi connectivity index (χ0v) is 30.7. The molecule has 55 heavy (non-hydrogen) atoms. The van der Waals surface area contributed by atoms with Gasteiger partial charge in [-0.15, -0.1) is 10.2 Å². The number of hydrogen-bond donors (Lipinski definition) is 0. The number of methoxy groups -OCH3 is 1. The zero-order valence-electron chi connectivity index (χ0n) is 30.7. The minimum absolute atomic E-state index is 0.0257. The highest BCUT2D eigenvalue weighted by molar-refractivity contribution is 5.94. The third-order valence-corrected chi connectivity index (χ3v) is 11.1. The van der Waals surface area contributed by atoms with Crippen molar-refractivity contribution in [3.05, 3.63) is 92.8 Å². The maximum absolute atomic E-state index is 16.2. The Morgan fingerprint density at radius 3 is 1.93 bits per heavy atom. The minimum atomic E-state index is -0.639. The molecule has 3 aromatic heterocycles. The van der Waals surface area contributed by atoms with Crippen LogP contribution in [0.5, 0.6) is 5.75 Å². The highest BCUT2D eigenvalue weighted by Gasteiger charge is 2.31. The molecule has 0 unspecified atom stereocenters. The summed E-state index contributed by atoms with van der Waals surface area (Å²) in [6.45, 7) is 5.45. The Hall–Kier alpha value is -5.67. The smallest absolute Gasteiger partial charge is 0.253 e. The molecule has 0 bridgehead atoms. The van der Waals surface area contributed by atoms with Crippen LogP contribution >= 0.6 is 0 Å². The van der Waals surface area contributed by atoms with Crippen LogP contribution in [-0.4, -0.2) is 103 Å². The summed E-state index contributed by atoms with van der Waals surface area (Å²) in [4.78, 5) is 36.6. The summed E-state index contributed by atoms with van der Waals surface area (Å²) < 4.78 is 61.6. The summed E-state index contributed by atoms with van der Waals surface area (Å²) >= 11 is 0. The van der Waals surface area contributed by atoms with E-state index in [0.717, 1.165) is 25.9 Å². The second-order valence-electron chi connectivity index (χ2n) is 14.7. The lowest BCUT2D eigenvalue weighted by atomic mass is 10.1. The molecule has 3 fully saturated rings. The van der Waals surface area contributed by atoms with E-state index in [1.165, 1.54) is 49.7 Å². The molecule has 0 radical (unpaired) electrons. The van der Waals surface area contributed by atoms with E-state index < -0.39 is 28.3 Å². The monoisotopic (exact) mass is 752 g/mol. The first-order valence-electron chi connectivity index (χ1n) is 18.4. The molecule has 5 heterocycles. The van der Waals surface area contributed by atoms with Crippen molar-refractivity contribution in [1.82, 2.24) is 29.1 Å². The van der Waals surface area contributed by atoms with E-state index in [9.17, 15) is 14.0 Å². The predicted octanol–water partition coefficient (Wildman–Crippen LogP) is 5.29. The summed E-state index contributed by atoms with van der Waals surface area (Å²) in [5.74, 6) is -1.81. The number of nitrogens with zero attached hydrogens (tertiary/aromatic N) is 8. The summed E-state index contributed by atoms with van der Waals surface area (Å²) in [7, 11) is 5.45. The molecule has 6 aromatic rings. The quantitative estimate of drug-likeness (QED) is 0.214. The van der Waals surface area contributed by atoms with Gasteiger partial charge in [0.15, 0.2) is 11.6 Å². The third kappa shape index (κ3) is 6.11. The molecule has 1 saturated carbocycles. The van der Waals surface area contributed by atoms with Gasteiger partial charge in [-0.25, -0.2) is 13.2 Å². The van der Waals surface area contributed by atoms with Crippen LogP contribution in [0.4, 0.5) is 24.5 Å². The molecule has 284 valence electrons. The Morgan fingerprint density at radius 2 is 1.31 bits per heavy atom. The maximum Gasteiger partial charge on any atom is 0.253 e. The fourth-order valence-corrected chi connectivity index (χ4v) is 7.79. The molecule has 3 aliphatic rings. The second kappa shape index (κ2) is 13.6. The molecule has 2 aliphatic heterocycles. The van der Waals surface area contributed by atoms with Crippen molar-refractivity contribution in [2.24, 2.45) is 0 Å². The van der Waals surface area contributed by atoms with E-state index in [-0.39, 0.29) is 56.7 Å². The Morgan fingerprint density at radius 1 is 0.727 bits per heavy atom. The molecule has 15 heteroatoms. The topological polar surface area (TPSA) is 105 Å². The fraction of sp³-hybridized carbons (Fsp3) is 0.350. The van der Waals surface area contributed by atoms with Gasteiger partial charge in [0.1, 0.15) is 34.0 Å². The van der Waals surface area contributed by atoms with E-state index >= 15 is 8.78 Å². The van der Waals surface area contributed by atoms with Crippen LogP contribution < -0.4 is 25.4 Å². The summed E-state index contributed by atoms with van der Waals surface area (Å²) in [5.41, 5.74) is 0.925. The van der Waals surface area contributed by atoms with Crippen molar-refractivity contribution in [3.63, 3.8) is 0 Å². The van der Waals surface area contributed by atoms with Crippen LogP contribution in [0.15, 0.2) is 68.9 Å². The Labute approximate surface area is 313 Å². The van der Waals surface area contributed by atoms with Gasteiger partial charge in [0, 0.05) is 81.9 Å². The summed E-state index contributed by atoms with van der Waals surface area (Å²) in [6.07, 6.45) is 4.93. The average molecular weight is 753 g/mol. The van der Waals surface area contributed by atoms with Gasteiger partial charge in [0.05, 0.1) is 23.7 Å². The lowest BCUT2D eigenvalue weighted by Gasteiger charge is -2.35. The van der Waals surface area contributed by atoms with Crippen LogP contribution in [0.2, 0.25) is 0 Å². The Bertz CT molecular complexity index is 2590. The van der Waals surface area contributed by atoms with Gasteiger partial charge in [-0.1, -0.05) is 0 Å². The number of likely N-dealkylation sites (N-methyl/N-ethyl adjacent to an activating group) is 2. The Balaban J connectivity index is 1.19. The molecule has 1 aliphatic carbocycles. The highest BCUT2D eigenvalue weighted by Crippen LogP contribution is 2.41. The number of hydrogen-bond acceptors (Lipinski definition) is 10. The molecule has 0 spiro atoms. The first-order valence-corrected chi connectivity index (χ1v) is 18.4.